The van der Waals surface area contributed by atoms with Crippen molar-refractivity contribution >= 4 is 5.97 Å². The van der Waals surface area contributed by atoms with E-state index in [2.05, 4.69) is 4.98 Å². The molecular formula is C15H18N2O4. The quantitative estimate of drug-likeness (QED) is 0.885. The van der Waals surface area contributed by atoms with Gasteiger partial charge in [0, 0.05) is 12.2 Å². The molecule has 2 aromatic rings. The summed E-state index contributed by atoms with van der Waals surface area (Å²) in [7, 11) is 1.60. The van der Waals surface area contributed by atoms with Crippen LogP contribution in [-0.2, 0) is 6.61 Å². The van der Waals surface area contributed by atoms with Crippen molar-refractivity contribution in [2.45, 2.75) is 26.5 Å². The van der Waals surface area contributed by atoms with Gasteiger partial charge in [0.2, 0.25) is 5.82 Å². The van der Waals surface area contributed by atoms with E-state index in [0.717, 1.165) is 5.75 Å². The highest BCUT2D eigenvalue weighted by molar-refractivity contribution is 5.83. The Morgan fingerprint density at radius 2 is 1.90 bits per heavy atom. The van der Waals surface area contributed by atoms with Gasteiger partial charge in [0.15, 0.2) is 0 Å². The number of ether oxygens (including phenoxy) is 2. The predicted molar refractivity (Wildman–Crippen MR) is 76.9 cm³/mol. The van der Waals surface area contributed by atoms with E-state index in [-0.39, 0.29) is 18.5 Å². The summed E-state index contributed by atoms with van der Waals surface area (Å²) in [5.74, 6) is 0.407. The fourth-order valence-corrected chi connectivity index (χ4v) is 1.89. The van der Waals surface area contributed by atoms with E-state index in [0.29, 0.717) is 11.4 Å². The Kier molecular flexibility index (Phi) is 4.47. The highest BCUT2D eigenvalue weighted by Crippen LogP contribution is 2.19. The van der Waals surface area contributed by atoms with Crippen molar-refractivity contribution in [3.63, 3.8) is 0 Å². The topological polar surface area (TPSA) is 73.6 Å². The SMILES string of the molecule is COc1ccc(OCc2cn(C(C)C)c(C(=O)O)n2)cc1. The summed E-state index contributed by atoms with van der Waals surface area (Å²) >= 11 is 0. The summed E-state index contributed by atoms with van der Waals surface area (Å²) in [5, 5.41) is 9.13. The van der Waals surface area contributed by atoms with E-state index in [9.17, 15) is 4.79 Å². The van der Waals surface area contributed by atoms with Crippen LogP contribution in [0.1, 0.15) is 36.2 Å². The molecule has 0 saturated heterocycles. The molecule has 0 fully saturated rings. The lowest BCUT2D eigenvalue weighted by molar-refractivity contribution is 0.0676. The molecule has 1 N–H and O–H groups in total. The number of rotatable bonds is 6. The zero-order chi connectivity index (χ0) is 15.4. The van der Waals surface area contributed by atoms with Crippen LogP contribution in [-0.4, -0.2) is 27.7 Å². The van der Waals surface area contributed by atoms with Gasteiger partial charge in [-0.25, -0.2) is 9.78 Å². The molecule has 0 spiro atoms. The third-order valence-corrected chi connectivity index (χ3v) is 2.98. The Morgan fingerprint density at radius 1 is 1.29 bits per heavy atom. The number of nitrogens with zero attached hydrogens (tertiary/aromatic N) is 2. The van der Waals surface area contributed by atoms with Crippen molar-refractivity contribution in [2.75, 3.05) is 7.11 Å². The van der Waals surface area contributed by atoms with Gasteiger partial charge in [-0.3, -0.25) is 0 Å². The largest absolute Gasteiger partial charge is 0.497 e. The number of imidazole rings is 1. The van der Waals surface area contributed by atoms with E-state index in [1.807, 2.05) is 13.8 Å². The monoisotopic (exact) mass is 290 g/mol. The van der Waals surface area contributed by atoms with Crippen LogP contribution in [0.3, 0.4) is 0 Å². The lowest BCUT2D eigenvalue weighted by Gasteiger charge is -2.07. The Morgan fingerprint density at radius 3 is 2.38 bits per heavy atom. The van der Waals surface area contributed by atoms with Gasteiger partial charge in [-0.05, 0) is 38.1 Å². The van der Waals surface area contributed by atoms with Crippen LogP contribution in [0.4, 0.5) is 0 Å². The van der Waals surface area contributed by atoms with Crippen LogP contribution in [0.25, 0.3) is 0 Å². The Balaban J connectivity index is 2.09. The highest BCUT2D eigenvalue weighted by Gasteiger charge is 2.16. The molecule has 0 atom stereocenters. The predicted octanol–water partition coefficient (Wildman–Crippen LogP) is 2.75. The van der Waals surface area contributed by atoms with Gasteiger partial charge in [-0.2, -0.15) is 0 Å². The number of carbonyl (C=O) groups is 1. The molecule has 1 aromatic heterocycles. The molecule has 2 rings (SSSR count). The molecule has 6 heteroatoms. The summed E-state index contributed by atoms with van der Waals surface area (Å²) in [5.41, 5.74) is 0.580. The number of hydrogen-bond acceptors (Lipinski definition) is 4. The first-order valence-electron chi connectivity index (χ1n) is 6.59. The standard InChI is InChI=1S/C15H18N2O4/c1-10(2)17-8-11(16-14(17)15(18)19)9-21-13-6-4-12(20-3)5-7-13/h4-8,10H,9H2,1-3H3,(H,18,19). The Bertz CT molecular complexity index is 617. The van der Waals surface area contributed by atoms with Gasteiger partial charge in [0.25, 0.3) is 0 Å². The summed E-state index contributed by atoms with van der Waals surface area (Å²) in [6.45, 7) is 4.02. The average Bonchev–Trinajstić information content (AvgIpc) is 2.90. The molecule has 0 radical (unpaired) electrons. The second-order valence-corrected chi connectivity index (χ2v) is 4.83. The summed E-state index contributed by atoms with van der Waals surface area (Å²) in [6, 6.07) is 7.20. The minimum atomic E-state index is -1.04. The van der Waals surface area contributed by atoms with E-state index in [4.69, 9.17) is 14.6 Å². The van der Waals surface area contributed by atoms with E-state index >= 15 is 0 Å². The van der Waals surface area contributed by atoms with E-state index < -0.39 is 5.97 Å². The zero-order valence-electron chi connectivity index (χ0n) is 12.2. The third-order valence-electron chi connectivity index (χ3n) is 2.98. The van der Waals surface area contributed by atoms with Crippen LogP contribution < -0.4 is 9.47 Å². The zero-order valence-corrected chi connectivity index (χ0v) is 12.2. The second-order valence-electron chi connectivity index (χ2n) is 4.83. The number of carboxylic acids is 1. The van der Waals surface area contributed by atoms with Crippen LogP contribution in [0.15, 0.2) is 30.5 Å². The molecule has 0 aliphatic carbocycles. The molecule has 0 unspecified atom stereocenters. The lowest BCUT2D eigenvalue weighted by atomic mass is 10.3. The maximum Gasteiger partial charge on any atom is 0.372 e. The molecular weight excluding hydrogens is 272 g/mol. The number of carboxylic acid groups (broad SMARTS) is 1. The summed E-state index contributed by atoms with van der Waals surface area (Å²) < 4.78 is 12.3. The van der Waals surface area contributed by atoms with Crippen molar-refractivity contribution in [3.05, 3.63) is 42.0 Å². The summed E-state index contributed by atoms with van der Waals surface area (Å²) in [6.07, 6.45) is 1.71. The van der Waals surface area contributed by atoms with E-state index in [1.165, 1.54) is 0 Å². The molecule has 0 aliphatic heterocycles. The van der Waals surface area contributed by atoms with Gasteiger partial charge in [-0.1, -0.05) is 0 Å². The Hall–Kier alpha value is -2.50. The number of aromatic carboxylic acids is 1. The molecule has 1 aromatic carbocycles. The molecule has 21 heavy (non-hydrogen) atoms. The smallest absolute Gasteiger partial charge is 0.372 e. The molecule has 1 heterocycles. The Labute approximate surface area is 122 Å². The third kappa shape index (κ3) is 3.53. The maximum absolute atomic E-state index is 11.1. The average molecular weight is 290 g/mol. The van der Waals surface area contributed by atoms with Gasteiger partial charge in [0.05, 0.1) is 12.8 Å². The van der Waals surface area contributed by atoms with Crippen LogP contribution >= 0.6 is 0 Å². The van der Waals surface area contributed by atoms with Gasteiger partial charge in [0.1, 0.15) is 18.1 Å². The molecule has 6 nitrogen and oxygen atoms in total. The first-order valence-corrected chi connectivity index (χ1v) is 6.59. The molecule has 0 bridgehead atoms. The fraction of sp³-hybridized carbons (Fsp3) is 0.333. The fourth-order valence-electron chi connectivity index (χ4n) is 1.89. The van der Waals surface area contributed by atoms with Crippen LogP contribution in [0.2, 0.25) is 0 Å². The number of benzene rings is 1. The van der Waals surface area contributed by atoms with Crippen molar-refractivity contribution < 1.29 is 19.4 Å². The van der Waals surface area contributed by atoms with Gasteiger partial charge < -0.3 is 19.1 Å². The van der Waals surface area contributed by atoms with Crippen molar-refractivity contribution in [3.8, 4) is 11.5 Å². The van der Waals surface area contributed by atoms with E-state index in [1.54, 1.807) is 42.1 Å². The van der Waals surface area contributed by atoms with Crippen molar-refractivity contribution in [1.29, 1.82) is 0 Å². The minimum absolute atomic E-state index is 0.0262. The molecule has 0 saturated carbocycles. The number of aromatic nitrogens is 2. The molecule has 0 amide bonds. The minimum Gasteiger partial charge on any atom is -0.497 e. The number of methoxy groups -OCH3 is 1. The first kappa shape index (κ1) is 14.9. The normalized spacial score (nSPS) is 10.7. The van der Waals surface area contributed by atoms with Gasteiger partial charge in [-0.15, -0.1) is 0 Å². The molecule has 112 valence electrons. The van der Waals surface area contributed by atoms with Gasteiger partial charge >= 0.3 is 5.97 Å². The van der Waals surface area contributed by atoms with Crippen LogP contribution in [0, 0.1) is 0 Å². The first-order chi connectivity index (χ1) is 10.0. The summed E-state index contributed by atoms with van der Waals surface area (Å²) in [4.78, 5) is 15.2. The van der Waals surface area contributed by atoms with Crippen molar-refractivity contribution in [2.24, 2.45) is 0 Å². The molecule has 0 aliphatic rings. The lowest BCUT2D eigenvalue weighted by Crippen LogP contribution is -2.10. The number of hydrogen-bond donors (Lipinski definition) is 1. The second kappa shape index (κ2) is 6.30. The van der Waals surface area contributed by atoms with Crippen LogP contribution in [0.5, 0.6) is 11.5 Å². The maximum atomic E-state index is 11.1. The van der Waals surface area contributed by atoms with Crippen molar-refractivity contribution in [1.82, 2.24) is 9.55 Å². The highest BCUT2D eigenvalue weighted by atomic mass is 16.5.